The van der Waals surface area contributed by atoms with E-state index in [4.69, 9.17) is 14.6 Å². The molecule has 1 saturated heterocycles. The van der Waals surface area contributed by atoms with Gasteiger partial charge < -0.3 is 14.6 Å². The molecule has 0 unspecified atom stereocenters. The zero-order valence-electron chi connectivity index (χ0n) is 12.2. The summed E-state index contributed by atoms with van der Waals surface area (Å²) in [4.78, 5) is 45.1. The van der Waals surface area contributed by atoms with Crippen molar-refractivity contribution in [3.8, 4) is 11.5 Å². The summed E-state index contributed by atoms with van der Waals surface area (Å²) in [6.07, 6.45) is 1.25. The Morgan fingerprint density at radius 2 is 1.83 bits per heavy atom. The van der Waals surface area contributed by atoms with Crippen LogP contribution in [0.2, 0.25) is 0 Å². The van der Waals surface area contributed by atoms with Crippen LogP contribution in [0.15, 0.2) is 22.2 Å². The van der Waals surface area contributed by atoms with Crippen LogP contribution in [0, 0.1) is 0 Å². The van der Waals surface area contributed by atoms with Crippen LogP contribution in [0.3, 0.4) is 0 Å². The standard InChI is InChI=1S/C14H11BrN2O7/c1-23-9-3-6(8(15)4-10(9)24-5-11(18)19)2-7-12(20)16-14(22)17-13(7)21/h2-4H,5H2,1H3,(H,18,19)(H2,16,17,20,21,22). The second kappa shape index (κ2) is 7.13. The molecule has 1 heterocycles. The lowest BCUT2D eigenvalue weighted by Gasteiger charge is -2.15. The normalized spacial score (nSPS) is 13.9. The molecule has 0 aromatic heterocycles. The average Bonchev–Trinajstić information content (AvgIpc) is 2.50. The zero-order valence-corrected chi connectivity index (χ0v) is 13.8. The smallest absolute Gasteiger partial charge is 0.341 e. The molecule has 0 aliphatic carbocycles. The summed E-state index contributed by atoms with van der Waals surface area (Å²) >= 11 is 3.24. The summed E-state index contributed by atoms with van der Waals surface area (Å²) in [5.41, 5.74) is 0.126. The minimum atomic E-state index is -1.15. The minimum absolute atomic E-state index is 0.168. The molecule has 1 aromatic rings. The first-order valence-electron chi connectivity index (χ1n) is 6.42. The number of rotatable bonds is 5. The number of carboxylic acid groups (broad SMARTS) is 1. The number of urea groups is 1. The Morgan fingerprint density at radius 1 is 1.21 bits per heavy atom. The lowest BCUT2D eigenvalue weighted by atomic mass is 10.1. The molecule has 0 atom stereocenters. The second-order valence-corrected chi connectivity index (χ2v) is 5.36. The Balaban J connectivity index is 2.39. The van der Waals surface area contributed by atoms with Crippen molar-refractivity contribution in [1.82, 2.24) is 10.6 Å². The van der Waals surface area contributed by atoms with Gasteiger partial charge >= 0.3 is 12.0 Å². The maximum Gasteiger partial charge on any atom is 0.341 e. The molecule has 0 radical (unpaired) electrons. The number of hydrogen-bond donors (Lipinski definition) is 3. The van der Waals surface area contributed by atoms with E-state index < -0.39 is 30.4 Å². The van der Waals surface area contributed by atoms with Crippen LogP contribution in [-0.2, 0) is 14.4 Å². The fraction of sp³-hybridized carbons (Fsp3) is 0.143. The number of ether oxygens (including phenoxy) is 2. The Morgan fingerprint density at radius 3 is 2.38 bits per heavy atom. The number of carboxylic acids is 1. The first-order valence-corrected chi connectivity index (χ1v) is 7.21. The number of barbiturate groups is 1. The molecule has 0 bridgehead atoms. The van der Waals surface area contributed by atoms with Gasteiger partial charge in [0.25, 0.3) is 11.8 Å². The third-order valence-corrected chi connectivity index (χ3v) is 3.56. The van der Waals surface area contributed by atoms with Crippen molar-refractivity contribution in [2.45, 2.75) is 0 Å². The number of carbonyl (C=O) groups excluding carboxylic acids is 3. The number of methoxy groups -OCH3 is 1. The van der Waals surface area contributed by atoms with E-state index in [2.05, 4.69) is 15.9 Å². The van der Waals surface area contributed by atoms with Gasteiger partial charge in [-0.05, 0) is 23.8 Å². The number of aliphatic carboxylic acids is 1. The number of imide groups is 2. The van der Waals surface area contributed by atoms with Crippen LogP contribution in [0.5, 0.6) is 11.5 Å². The van der Waals surface area contributed by atoms with Gasteiger partial charge in [-0.25, -0.2) is 9.59 Å². The Kier molecular flexibility index (Phi) is 5.19. The number of carbonyl (C=O) groups is 4. The molecule has 0 spiro atoms. The molecular formula is C14H11BrN2O7. The second-order valence-electron chi connectivity index (χ2n) is 4.50. The van der Waals surface area contributed by atoms with E-state index in [0.717, 1.165) is 0 Å². The van der Waals surface area contributed by atoms with Gasteiger partial charge in [-0.3, -0.25) is 20.2 Å². The highest BCUT2D eigenvalue weighted by atomic mass is 79.9. The van der Waals surface area contributed by atoms with E-state index >= 15 is 0 Å². The molecule has 1 aromatic carbocycles. The number of benzene rings is 1. The third-order valence-electron chi connectivity index (χ3n) is 2.88. The predicted molar refractivity (Wildman–Crippen MR) is 83.5 cm³/mol. The van der Waals surface area contributed by atoms with Crippen molar-refractivity contribution in [3.05, 3.63) is 27.7 Å². The molecule has 4 amide bonds. The van der Waals surface area contributed by atoms with Gasteiger partial charge in [0.1, 0.15) is 5.57 Å². The van der Waals surface area contributed by atoms with Crippen molar-refractivity contribution in [3.63, 3.8) is 0 Å². The molecule has 10 heteroatoms. The fourth-order valence-corrected chi connectivity index (χ4v) is 2.27. The van der Waals surface area contributed by atoms with E-state index in [1.54, 1.807) is 0 Å². The van der Waals surface area contributed by atoms with Crippen molar-refractivity contribution in [2.24, 2.45) is 0 Å². The van der Waals surface area contributed by atoms with Crippen LogP contribution in [0.4, 0.5) is 4.79 Å². The van der Waals surface area contributed by atoms with Gasteiger partial charge in [0.2, 0.25) is 0 Å². The Bertz CT molecular complexity index is 751. The van der Waals surface area contributed by atoms with Crippen LogP contribution >= 0.6 is 15.9 Å². The fourth-order valence-electron chi connectivity index (χ4n) is 1.84. The summed E-state index contributed by atoms with van der Waals surface area (Å²) in [6.45, 7) is -0.559. The maximum absolute atomic E-state index is 11.7. The molecule has 126 valence electrons. The Labute approximate surface area is 143 Å². The minimum Gasteiger partial charge on any atom is -0.493 e. The van der Waals surface area contributed by atoms with E-state index in [0.29, 0.717) is 10.0 Å². The molecule has 1 fully saturated rings. The van der Waals surface area contributed by atoms with Crippen LogP contribution < -0.4 is 20.1 Å². The zero-order chi connectivity index (χ0) is 17.9. The van der Waals surface area contributed by atoms with Gasteiger partial charge in [0.15, 0.2) is 18.1 Å². The molecule has 3 N–H and O–H groups in total. The lowest BCUT2D eigenvalue weighted by molar-refractivity contribution is -0.139. The lowest BCUT2D eigenvalue weighted by Crippen LogP contribution is -2.51. The molecule has 9 nitrogen and oxygen atoms in total. The molecule has 2 rings (SSSR count). The van der Waals surface area contributed by atoms with Crippen LogP contribution in [-0.4, -0.2) is 42.6 Å². The van der Waals surface area contributed by atoms with Crippen molar-refractivity contribution >= 4 is 45.8 Å². The van der Waals surface area contributed by atoms with Gasteiger partial charge in [0, 0.05) is 4.47 Å². The van der Waals surface area contributed by atoms with Crippen molar-refractivity contribution < 1.29 is 33.8 Å². The molecule has 1 aliphatic heterocycles. The summed E-state index contributed by atoms with van der Waals surface area (Å²) in [5.74, 6) is -2.44. The number of nitrogens with one attached hydrogen (secondary N) is 2. The van der Waals surface area contributed by atoms with E-state index in [1.165, 1.54) is 25.3 Å². The summed E-state index contributed by atoms with van der Waals surface area (Å²) in [7, 11) is 1.35. The van der Waals surface area contributed by atoms with Crippen molar-refractivity contribution in [2.75, 3.05) is 13.7 Å². The molecule has 0 saturated carbocycles. The summed E-state index contributed by atoms with van der Waals surface area (Å²) in [6, 6.07) is 2.00. The molecule has 24 heavy (non-hydrogen) atoms. The highest BCUT2D eigenvalue weighted by Gasteiger charge is 2.28. The first kappa shape index (κ1) is 17.5. The SMILES string of the molecule is COc1cc(C=C2C(=O)NC(=O)NC2=O)c(Br)cc1OCC(=O)O. The Hall–Kier alpha value is -2.88. The third kappa shape index (κ3) is 3.90. The molecular weight excluding hydrogens is 388 g/mol. The van der Waals surface area contributed by atoms with Crippen molar-refractivity contribution in [1.29, 1.82) is 0 Å². The van der Waals surface area contributed by atoms with Gasteiger partial charge in [-0.1, -0.05) is 15.9 Å². The number of hydrogen-bond acceptors (Lipinski definition) is 6. The van der Waals surface area contributed by atoms with Gasteiger partial charge in [-0.2, -0.15) is 0 Å². The molecule has 1 aliphatic rings. The quantitative estimate of drug-likeness (QED) is 0.490. The summed E-state index contributed by atoms with van der Waals surface area (Å²) in [5, 5.41) is 12.6. The highest BCUT2D eigenvalue weighted by Crippen LogP contribution is 2.34. The monoisotopic (exact) mass is 398 g/mol. The highest BCUT2D eigenvalue weighted by molar-refractivity contribution is 9.10. The van der Waals surface area contributed by atoms with E-state index in [1.807, 2.05) is 10.6 Å². The average molecular weight is 399 g/mol. The van der Waals surface area contributed by atoms with Crippen LogP contribution in [0.1, 0.15) is 5.56 Å². The van der Waals surface area contributed by atoms with E-state index in [-0.39, 0.29) is 17.1 Å². The summed E-state index contributed by atoms with van der Waals surface area (Å²) < 4.78 is 10.6. The number of amides is 4. The number of halogens is 1. The maximum atomic E-state index is 11.7. The largest absolute Gasteiger partial charge is 0.493 e. The van der Waals surface area contributed by atoms with Gasteiger partial charge in [0.05, 0.1) is 7.11 Å². The van der Waals surface area contributed by atoms with Gasteiger partial charge in [-0.15, -0.1) is 0 Å². The van der Waals surface area contributed by atoms with Crippen LogP contribution in [0.25, 0.3) is 6.08 Å². The first-order chi connectivity index (χ1) is 11.3. The topological polar surface area (TPSA) is 131 Å². The predicted octanol–water partition coefficient (Wildman–Crippen LogP) is 0.671. The van der Waals surface area contributed by atoms with E-state index in [9.17, 15) is 19.2 Å².